The van der Waals surface area contributed by atoms with Crippen molar-refractivity contribution in [3.63, 3.8) is 0 Å². The van der Waals surface area contributed by atoms with Gasteiger partial charge in [-0.15, -0.1) is 0 Å². The van der Waals surface area contributed by atoms with Crippen molar-refractivity contribution in [2.75, 3.05) is 7.11 Å². The molecule has 2 rings (SSSR count). The van der Waals surface area contributed by atoms with E-state index < -0.39 is 11.5 Å². The molecule has 0 aliphatic rings. The van der Waals surface area contributed by atoms with Crippen LogP contribution in [-0.4, -0.2) is 34.6 Å². The summed E-state index contributed by atoms with van der Waals surface area (Å²) in [5.74, 6) is -0.612. The maximum atomic E-state index is 12.4. The fraction of sp³-hybridized carbons (Fsp3) is 0.316. The van der Waals surface area contributed by atoms with Crippen molar-refractivity contribution in [1.29, 1.82) is 0 Å². The molecule has 6 heteroatoms. The molecule has 1 aromatic heterocycles. The molecule has 0 bridgehead atoms. The second-order valence-corrected chi connectivity index (χ2v) is 6.50. The monoisotopic (exact) mass is 342 g/mol. The Balaban J connectivity index is 2.09. The highest BCUT2D eigenvalue weighted by atomic mass is 16.5. The van der Waals surface area contributed by atoms with Gasteiger partial charge in [0.25, 0.3) is 5.91 Å². The highest BCUT2D eigenvalue weighted by molar-refractivity contribution is 5.94. The van der Waals surface area contributed by atoms with Crippen LogP contribution in [0.4, 0.5) is 0 Å². The molecule has 0 aliphatic heterocycles. The zero-order valence-electron chi connectivity index (χ0n) is 14.8. The predicted octanol–water partition coefficient (Wildman–Crippen LogP) is 2.85. The SMILES string of the molecule is COc1ccc(CC(C)(C)NC(=O)c2ccc(C(=O)O)c(C)n2)cc1. The van der Waals surface area contributed by atoms with Gasteiger partial charge >= 0.3 is 5.97 Å². The fourth-order valence-electron chi connectivity index (χ4n) is 2.58. The number of nitrogens with one attached hydrogen (secondary N) is 1. The largest absolute Gasteiger partial charge is 0.497 e. The van der Waals surface area contributed by atoms with Crippen LogP contribution in [0.5, 0.6) is 5.75 Å². The summed E-state index contributed by atoms with van der Waals surface area (Å²) in [7, 11) is 1.61. The molecule has 0 atom stereocenters. The number of methoxy groups -OCH3 is 1. The van der Waals surface area contributed by atoms with Crippen molar-refractivity contribution < 1.29 is 19.4 Å². The van der Waals surface area contributed by atoms with E-state index in [1.54, 1.807) is 14.0 Å². The molecule has 1 aromatic carbocycles. The maximum absolute atomic E-state index is 12.4. The molecule has 0 saturated carbocycles. The Hall–Kier alpha value is -2.89. The number of carboxylic acids is 1. The fourth-order valence-corrected chi connectivity index (χ4v) is 2.58. The van der Waals surface area contributed by atoms with Gasteiger partial charge in [-0.05, 0) is 57.0 Å². The number of aromatic carboxylic acids is 1. The van der Waals surface area contributed by atoms with Crippen LogP contribution >= 0.6 is 0 Å². The third-order valence-electron chi connectivity index (χ3n) is 3.81. The number of ether oxygens (including phenoxy) is 1. The van der Waals surface area contributed by atoms with Crippen LogP contribution in [0.3, 0.4) is 0 Å². The van der Waals surface area contributed by atoms with Crippen molar-refractivity contribution in [2.24, 2.45) is 0 Å². The molecule has 25 heavy (non-hydrogen) atoms. The van der Waals surface area contributed by atoms with Crippen molar-refractivity contribution in [3.05, 3.63) is 58.9 Å². The lowest BCUT2D eigenvalue weighted by atomic mass is 9.94. The number of hydrogen-bond acceptors (Lipinski definition) is 4. The van der Waals surface area contributed by atoms with Crippen molar-refractivity contribution in [3.8, 4) is 5.75 Å². The molecule has 132 valence electrons. The van der Waals surface area contributed by atoms with Crippen molar-refractivity contribution in [2.45, 2.75) is 32.7 Å². The molecule has 6 nitrogen and oxygen atoms in total. The van der Waals surface area contributed by atoms with E-state index in [4.69, 9.17) is 9.84 Å². The van der Waals surface area contributed by atoms with Crippen LogP contribution in [0.15, 0.2) is 36.4 Å². The summed E-state index contributed by atoms with van der Waals surface area (Å²) in [6.07, 6.45) is 0.634. The minimum absolute atomic E-state index is 0.0917. The van der Waals surface area contributed by atoms with Gasteiger partial charge < -0.3 is 15.2 Å². The van der Waals surface area contributed by atoms with Crippen molar-refractivity contribution in [1.82, 2.24) is 10.3 Å². The number of aromatic nitrogens is 1. The number of amides is 1. The highest BCUT2D eigenvalue weighted by Gasteiger charge is 2.23. The zero-order valence-corrected chi connectivity index (χ0v) is 14.8. The van der Waals surface area contributed by atoms with Crippen LogP contribution in [-0.2, 0) is 6.42 Å². The average molecular weight is 342 g/mol. The quantitative estimate of drug-likeness (QED) is 0.843. The lowest BCUT2D eigenvalue weighted by Gasteiger charge is -2.26. The third-order valence-corrected chi connectivity index (χ3v) is 3.81. The Morgan fingerprint density at radius 1 is 1.16 bits per heavy atom. The van der Waals surface area contributed by atoms with E-state index in [2.05, 4.69) is 10.3 Å². The van der Waals surface area contributed by atoms with E-state index in [9.17, 15) is 9.59 Å². The Morgan fingerprint density at radius 2 is 1.80 bits per heavy atom. The van der Waals surface area contributed by atoms with E-state index in [-0.39, 0.29) is 17.2 Å². The normalized spacial score (nSPS) is 11.0. The zero-order chi connectivity index (χ0) is 18.6. The second-order valence-electron chi connectivity index (χ2n) is 6.50. The summed E-state index contributed by atoms with van der Waals surface area (Å²) in [5.41, 5.74) is 1.18. The first-order valence-electron chi connectivity index (χ1n) is 7.88. The number of hydrogen-bond donors (Lipinski definition) is 2. The van der Waals surface area contributed by atoms with Crippen LogP contribution in [0.1, 0.15) is 46.0 Å². The Morgan fingerprint density at radius 3 is 2.32 bits per heavy atom. The summed E-state index contributed by atoms with van der Waals surface area (Å²) in [6.45, 7) is 5.42. The van der Waals surface area contributed by atoms with Crippen LogP contribution in [0, 0.1) is 6.92 Å². The molecular formula is C19H22N2O4. The van der Waals surface area contributed by atoms with Gasteiger partial charge in [0.2, 0.25) is 0 Å². The van der Waals surface area contributed by atoms with Gasteiger partial charge in [-0.1, -0.05) is 12.1 Å². The molecule has 1 amide bonds. The Bertz CT molecular complexity index is 783. The minimum atomic E-state index is -1.06. The van der Waals surface area contributed by atoms with E-state index in [1.807, 2.05) is 38.1 Å². The molecule has 2 N–H and O–H groups in total. The van der Waals surface area contributed by atoms with E-state index in [0.717, 1.165) is 11.3 Å². The molecule has 2 aromatic rings. The summed E-state index contributed by atoms with van der Waals surface area (Å²) in [5, 5.41) is 12.0. The van der Waals surface area contributed by atoms with Gasteiger partial charge in [0.05, 0.1) is 18.4 Å². The van der Waals surface area contributed by atoms with Gasteiger partial charge in [-0.2, -0.15) is 0 Å². The van der Waals surface area contributed by atoms with Crippen molar-refractivity contribution >= 4 is 11.9 Å². The summed E-state index contributed by atoms with van der Waals surface area (Å²) < 4.78 is 5.14. The molecule has 0 spiro atoms. The molecule has 1 heterocycles. The molecular weight excluding hydrogens is 320 g/mol. The summed E-state index contributed by atoms with van der Waals surface area (Å²) in [6, 6.07) is 10.5. The Labute approximate surface area is 146 Å². The Kier molecular flexibility index (Phi) is 5.41. The first kappa shape index (κ1) is 18.4. The average Bonchev–Trinajstić information content (AvgIpc) is 2.54. The van der Waals surface area contributed by atoms with Crippen LogP contribution in [0.2, 0.25) is 0 Å². The second kappa shape index (κ2) is 7.34. The van der Waals surface area contributed by atoms with Gasteiger partial charge in [0.1, 0.15) is 11.4 Å². The lowest BCUT2D eigenvalue weighted by molar-refractivity contribution is 0.0694. The standard InChI is InChI=1S/C19H22N2O4/c1-12-15(18(23)24)9-10-16(20-12)17(22)21-19(2,3)11-13-5-7-14(25-4)8-6-13/h5-10H,11H2,1-4H3,(H,21,22)(H,23,24). The van der Waals surface area contributed by atoms with Gasteiger partial charge in [-0.25, -0.2) is 9.78 Å². The minimum Gasteiger partial charge on any atom is -0.497 e. The third kappa shape index (κ3) is 4.79. The number of carboxylic acid groups (broad SMARTS) is 1. The number of rotatable bonds is 6. The van der Waals surface area contributed by atoms with Crippen LogP contribution < -0.4 is 10.1 Å². The lowest BCUT2D eigenvalue weighted by Crippen LogP contribution is -2.45. The number of benzene rings is 1. The summed E-state index contributed by atoms with van der Waals surface area (Å²) in [4.78, 5) is 27.6. The molecule has 0 radical (unpaired) electrons. The number of aryl methyl sites for hydroxylation is 1. The number of carbonyl (C=O) groups excluding carboxylic acids is 1. The van der Waals surface area contributed by atoms with Gasteiger partial charge in [0.15, 0.2) is 0 Å². The van der Waals surface area contributed by atoms with Crippen LogP contribution in [0.25, 0.3) is 0 Å². The van der Waals surface area contributed by atoms with E-state index >= 15 is 0 Å². The molecule has 0 aliphatic carbocycles. The number of carbonyl (C=O) groups is 2. The topological polar surface area (TPSA) is 88.5 Å². The first-order chi connectivity index (χ1) is 11.7. The smallest absolute Gasteiger partial charge is 0.337 e. The van der Waals surface area contributed by atoms with E-state index in [0.29, 0.717) is 12.1 Å². The van der Waals surface area contributed by atoms with Gasteiger partial charge in [-0.3, -0.25) is 4.79 Å². The number of pyridine rings is 1. The van der Waals surface area contributed by atoms with E-state index in [1.165, 1.54) is 12.1 Å². The highest BCUT2D eigenvalue weighted by Crippen LogP contribution is 2.17. The molecule has 0 saturated heterocycles. The predicted molar refractivity (Wildman–Crippen MR) is 94.2 cm³/mol. The number of nitrogens with zero attached hydrogens (tertiary/aromatic N) is 1. The maximum Gasteiger partial charge on any atom is 0.337 e. The first-order valence-corrected chi connectivity index (χ1v) is 7.88. The molecule has 0 unspecified atom stereocenters. The van der Waals surface area contributed by atoms with Gasteiger partial charge in [0, 0.05) is 5.54 Å². The summed E-state index contributed by atoms with van der Waals surface area (Å²) >= 11 is 0. The molecule has 0 fully saturated rings.